The van der Waals surface area contributed by atoms with Gasteiger partial charge >= 0.3 is 0 Å². The normalized spacial score (nSPS) is 18.1. The maximum atomic E-state index is 6.00. The van der Waals surface area contributed by atoms with Gasteiger partial charge < -0.3 is 10.1 Å². The van der Waals surface area contributed by atoms with E-state index in [1.54, 1.807) is 11.3 Å². The number of nitrogens with zero attached hydrogens (tertiary/aromatic N) is 5. The van der Waals surface area contributed by atoms with E-state index in [4.69, 9.17) is 4.74 Å². The van der Waals surface area contributed by atoms with Crippen molar-refractivity contribution in [1.82, 2.24) is 25.1 Å². The molecule has 3 aromatic rings. The van der Waals surface area contributed by atoms with Crippen LogP contribution >= 0.6 is 11.3 Å². The van der Waals surface area contributed by atoms with Crippen LogP contribution in [0.5, 0.6) is 5.88 Å². The quantitative estimate of drug-likeness (QED) is 0.621. The average molecular weight is 397 g/mol. The van der Waals surface area contributed by atoms with Crippen molar-refractivity contribution in [3.8, 4) is 5.88 Å². The lowest BCUT2D eigenvalue weighted by Gasteiger charge is -2.10. The molecule has 0 radical (unpaired) electrons. The van der Waals surface area contributed by atoms with Crippen molar-refractivity contribution in [1.29, 1.82) is 0 Å². The third-order valence-corrected chi connectivity index (χ3v) is 5.57. The fourth-order valence-electron chi connectivity index (χ4n) is 3.06. The van der Waals surface area contributed by atoms with Gasteiger partial charge in [0.1, 0.15) is 21.7 Å². The molecule has 0 aromatic carbocycles. The zero-order chi connectivity index (χ0) is 19.5. The highest BCUT2D eigenvalue weighted by molar-refractivity contribution is 7.11. The maximum Gasteiger partial charge on any atom is 0.218 e. The van der Waals surface area contributed by atoms with Gasteiger partial charge in [0.25, 0.3) is 0 Å². The van der Waals surface area contributed by atoms with Crippen LogP contribution in [-0.2, 0) is 13.0 Å². The molecule has 8 heteroatoms. The van der Waals surface area contributed by atoms with Crippen LogP contribution in [0.2, 0.25) is 0 Å². The fraction of sp³-hybridized carbons (Fsp3) is 0.450. The van der Waals surface area contributed by atoms with Crippen molar-refractivity contribution in [3.63, 3.8) is 0 Å². The largest absolute Gasteiger partial charge is 0.477 e. The molecule has 0 bridgehead atoms. The molecule has 28 heavy (non-hydrogen) atoms. The zero-order valence-corrected chi connectivity index (χ0v) is 17.2. The molecule has 0 aliphatic heterocycles. The number of ether oxygens (including phenoxy) is 1. The SMILES string of the molecule is CCc1nc(NCc2nnc(C)s2)cc(OCC2C[C@H]2c2ccc(C)cn2)n1. The Labute approximate surface area is 168 Å². The number of pyridine rings is 1. The van der Waals surface area contributed by atoms with E-state index in [0.717, 1.165) is 40.2 Å². The van der Waals surface area contributed by atoms with Crippen LogP contribution < -0.4 is 10.1 Å². The summed E-state index contributed by atoms with van der Waals surface area (Å²) in [5, 5.41) is 13.4. The standard InChI is InChI=1S/C20H24N6OS/c1-4-17-23-18(22-10-20-26-25-13(3)28-20)8-19(24-17)27-11-14-7-15(14)16-6-5-12(2)9-21-16/h5-6,8-9,14-15H,4,7,10-11H2,1-3H3,(H,22,23,24)/t14?,15-/m1/s1. The first-order valence-electron chi connectivity index (χ1n) is 9.57. The first kappa shape index (κ1) is 18.7. The molecule has 1 aliphatic carbocycles. The molecule has 1 N–H and O–H groups in total. The summed E-state index contributed by atoms with van der Waals surface area (Å²) >= 11 is 1.58. The average Bonchev–Trinajstić information content (AvgIpc) is 3.37. The third kappa shape index (κ3) is 4.62. The Morgan fingerprint density at radius 3 is 2.82 bits per heavy atom. The van der Waals surface area contributed by atoms with Gasteiger partial charge in [0.05, 0.1) is 13.2 Å². The number of nitrogens with one attached hydrogen (secondary N) is 1. The molecule has 146 valence electrons. The molecule has 0 amide bonds. The number of aromatic nitrogens is 5. The molecule has 3 aromatic heterocycles. The van der Waals surface area contributed by atoms with E-state index >= 15 is 0 Å². The summed E-state index contributed by atoms with van der Waals surface area (Å²) in [5.41, 5.74) is 2.35. The summed E-state index contributed by atoms with van der Waals surface area (Å²) in [6.07, 6.45) is 3.80. The van der Waals surface area contributed by atoms with Crippen LogP contribution in [-0.4, -0.2) is 31.8 Å². The number of hydrogen-bond donors (Lipinski definition) is 1. The summed E-state index contributed by atoms with van der Waals surface area (Å²) < 4.78 is 6.00. The summed E-state index contributed by atoms with van der Waals surface area (Å²) in [6.45, 7) is 7.29. The summed E-state index contributed by atoms with van der Waals surface area (Å²) in [5.74, 6) is 3.12. The highest BCUT2D eigenvalue weighted by Crippen LogP contribution is 2.46. The molecule has 0 spiro atoms. The number of rotatable bonds is 8. The number of anilines is 1. The topological polar surface area (TPSA) is 85.7 Å². The summed E-state index contributed by atoms with van der Waals surface area (Å²) in [4.78, 5) is 13.6. The fourth-order valence-corrected chi connectivity index (χ4v) is 3.70. The van der Waals surface area contributed by atoms with E-state index in [9.17, 15) is 0 Å². The lowest BCUT2D eigenvalue weighted by atomic mass is 10.2. The molecule has 1 unspecified atom stereocenters. The van der Waals surface area contributed by atoms with Gasteiger partial charge in [-0.3, -0.25) is 4.98 Å². The maximum absolute atomic E-state index is 6.00. The van der Waals surface area contributed by atoms with Crippen LogP contribution in [0.4, 0.5) is 5.82 Å². The van der Waals surface area contributed by atoms with E-state index in [1.807, 2.05) is 26.1 Å². The minimum absolute atomic E-state index is 0.492. The Bertz CT molecular complexity index is 942. The first-order chi connectivity index (χ1) is 13.6. The molecule has 1 saturated carbocycles. The van der Waals surface area contributed by atoms with Crippen molar-refractivity contribution < 1.29 is 4.74 Å². The molecule has 1 fully saturated rings. The minimum Gasteiger partial charge on any atom is -0.477 e. The Morgan fingerprint density at radius 1 is 1.21 bits per heavy atom. The van der Waals surface area contributed by atoms with Gasteiger partial charge in [-0.2, -0.15) is 4.98 Å². The van der Waals surface area contributed by atoms with Crippen molar-refractivity contribution >= 4 is 17.2 Å². The van der Waals surface area contributed by atoms with Gasteiger partial charge in [-0.1, -0.05) is 24.3 Å². The Kier molecular flexibility index (Phi) is 5.47. The lowest BCUT2D eigenvalue weighted by Crippen LogP contribution is -2.08. The van der Waals surface area contributed by atoms with E-state index < -0.39 is 0 Å². The van der Waals surface area contributed by atoms with Crippen molar-refractivity contribution in [2.45, 2.75) is 46.1 Å². The van der Waals surface area contributed by atoms with E-state index in [2.05, 4.69) is 49.5 Å². The third-order valence-electron chi connectivity index (χ3n) is 4.74. The Morgan fingerprint density at radius 2 is 2.11 bits per heavy atom. The van der Waals surface area contributed by atoms with Crippen LogP contribution in [0.1, 0.15) is 46.4 Å². The second kappa shape index (κ2) is 8.18. The van der Waals surface area contributed by atoms with Gasteiger partial charge in [-0.25, -0.2) is 4.98 Å². The van der Waals surface area contributed by atoms with Gasteiger partial charge in [-0.15, -0.1) is 10.2 Å². The van der Waals surface area contributed by atoms with Gasteiger partial charge in [-0.05, 0) is 31.9 Å². The minimum atomic E-state index is 0.492. The van der Waals surface area contributed by atoms with Crippen LogP contribution in [0, 0.1) is 19.8 Å². The van der Waals surface area contributed by atoms with Gasteiger partial charge in [0.15, 0.2) is 0 Å². The monoisotopic (exact) mass is 396 g/mol. The smallest absolute Gasteiger partial charge is 0.218 e. The molecular formula is C20H24N6OS. The Hall–Kier alpha value is -2.61. The number of aryl methyl sites for hydroxylation is 3. The van der Waals surface area contributed by atoms with Crippen molar-refractivity contribution in [3.05, 3.63) is 51.5 Å². The van der Waals surface area contributed by atoms with Crippen LogP contribution in [0.25, 0.3) is 0 Å². The predicted molar refractivity (Wildman–Crippen MR) is 109 cm³/mol. The van der Waals surface area contributed by atoms with E-state index in [1.165, 1.54) is 5.56 Å². The predicted octanol–water partition coefficient (Wildman–Crippen LogP) is 3.70. The lowest BCUT2D eigenvalue weighted by molar-refractivity contribution is 0.284. The second-order valence-corrected chi connectivity index (χ2v) is 8.37. The van der Waals surface area contributed by atoms with Crippen molar-refractivity contribution in [2.75, 3.05) is 11.9 Å². The summed E-state index contributed by atoms with van der Waals surface area (Å²) in [7, 11) is 0. The second-order valence-electron chi connectivity index (χ2n) is 7.10. The van der Waals surface area contributed by atoms with Gasteiger partial charge in [0, 0.05) is 36.2 Å². The molecule has 3 heterocycles. The molecule has 1 aliphatic rings. The van der Waals surface area contributed by atoms with Gasteiger partial charge in [0.2, 0.25) is 5.88 Å². The molecule has 7 nitrogen and oxygen atoms in total. The van der Waals surface area contributed by atoms with E-state index in [-0.39, 0.29) is 0 Å². The summed E-state index contributed by atoms with van der Waals surface area (Å²) in [6, 6.07) is 6.10. The van der Waals surface area contributed by atoms with E-state index in [0.29, 0.717) is 30.9 Å². The highest BCUT2D eigenvalue weighted by Gasteiger charge is 2.40. The molecule has 4 rings (SSSR count). The number of hydrogen-bond acceptors (Lipinski definition) is 8. The Balaban J connectivity index is 1.35. The first-order valence-corrected chi connectivity index (χ1v) is 10.4. The molecule has 2 atom stereocenters. The molecule has 0 saturated heterocycles. The molecular weight excluding hydrogens is 372 g/mol. The van der Waals surface area contributed by atoms with Crippen LogP contribution in [0.15, 0.2) is 24.4 Å². The van der Waals surface area contributed by atoms with Crippen LogP contribution in [0.3, 0.4) is 0 Å². The zero-order valence-electron chi connectivity index (χ0n) is 16.3. The van der Waals surface area contributed by atoms with Crippen molar-refractivity contribution in [2.24, 2.45) is 5.92 Å². The highest BCUT2D eigenvalue weighted by atomic mass is 32.1.